The molecule has 0 spiro atoms. The second-order valence-electron chi connectivity index (χ2n) is 5.75. The van der Waals surface area contributed by atoms with Crippen molar-refractivity contribution in [3.8, 4) is 5.75 Å². The van der Waals surface area contributed by atoms with Gasteiger partial charge >= 0.3 is 5.97 Å². The topological polar surface area (TPSA) is 65.7 Å². The number of esters is 1. The van der Waals surface area contributed by atoms with Crippen molar-refractivity contribution in [3.63, 3.8) is 0 Å². The molecule has 0 saturated heterocycles. The normalized spacial score (nSPS) is 10.6. The van der Waals surface area contributed by atoms with E-state index in [0.29, 0.717) is 11.3 Å². The molecule has 3 rings (SSSR count). The van der Waals surface area contributed by atoms with Crippen LogP contribution in [0.1, 0.15) is 21.5 Å². The lowest BCUT2D eigenvalue weighted by atomic mass is 10.1. The summed E-state index contributed by atoms with van der Waals surface area (Å²) in [7, 11) is 1.56. The van der Waals surface area contributed by atoms with Crippen LogP contribution < -0.4 is 4.74 Å². The maximum Gasteiger partial charge on any atom is 0.310 e. The minimum absolute atomic E-state index is 0.0615. The van der Waals surface area contributed by atoms with Gasteiger partial charge < -0.3 is 13.9 Å². The van der Waals surface area contributed by atoms with Crippen LogP contribution in [-0.4, -0.2) is 25.5 Å². The number of hydrogen-bond donors (Lipinski definition) is 0. The molecule has 1 aromatic heterocycles. The van der Waals surface area contributed by atoms with Crippen molar-refractivity contribution < 1.29 is 23.5 Å². The number of Topliss-reactive ketones (excluding diaryl/α,β-unsaturated/α-hetero) is 1. The molecule has 0 bridgehead atoms. The van der Waals surface area contributed by atoms with Crippen LogP contribution in [0, 0.1) is 6.92 Å². The summed E-state index contributed by atoms with van der Waals surface area (Å²) in [5.74, 6) is -0.0653. The largest absolute Gasteiger partial charge is 0.497 e. The molecule has 25 heavy (non-hydrogen) atoms. The zero-order valence-electron chi connectivity index (χ0n) is 14.1. The number of hydrogen-bond acceptors (Lipinski definition) is 5. The Hall–Kier alpha value is -3.08. The Kier molecular flexibility index (Phi) is 4.84. The van der Waals surface area contributed by atoms with Crippen LogP contribution in [0.4, 0.5) is 0 Å². The van der Waals surface area contributed by atoms with Crippen molar-refractivity contribution >= 4 is 22.7 Å². The molecule has 0 aliphatic rings. The molecule has 0 atom stereocenters. The van der Waals surface area contributed by atoms with E-state index in [-0.39, 0.29) is 18.8 Å². The van der Waals surface area contributed by atoms with Crippen molar-refractivity contribution in [2.75, 3.05) is 13.7 Å². The van der Waals surface area contributed by atoms with Crippen LogP contribution in [0.2, 0.25) is 0 Å². The van der Waals surface area contributed by atoms with Crippen molar-refractivity contribution in [1.29, 1.82) is 0 Å². The second-order valence-corrected chi connectivity index (χ2v) is 5.75. The van der Waals surface area contributed by atoms with Crippen LogP contribution >= 0.6 is 0 Å². The van der Waals surface area contributed by atoms with Gasteiger partial charge in [-0.15, -0.1) is 0 Å². The van der Waals surface area contributed by atoms with E-state index in [4.69, 9.17) is 13.9 Å². The lowest BCUT2D eigenvalue weighted by molar-refractivity contribution is -0.141. The predicted molar refractivity (Wildman–Crippen MR) is 92.9 cm³/mol. The zero-order chi connectivity index (χ0) is 17.8. The predicted octanol–water partition coefficient (Wildman–Crippen LogP) is 3.72. The molecular weight excluding hydrogens is 320 g/mol. The number of rotatable bonds is 6. The molecule has 0 aliphatic carbocycles. The molecule has 0 amide bonds. The number of aryl methyl sites for hydroxylation is 1. The van der Waals surface area contributed by atoms with Gasteiger partial charge in [0.1, 0.15) is 11.3 Å². The number of methoxy groups -OCH3 is 1. The van der Waals surface area contributed by atoms with Crippen molar-refractivity contribution in [1.82, 2.24) is 0 Å². The van der Waals surface area contributed by atoms with Gasteiger partial charge in [-0.25, -0.2) is 0 Å². The maximum absolute atomic E-state index is 12.1. The number of ether oxygens (including phenoxy) is 2. The van der Waals surface area contributed by atoms with Gasteiger partial charge in [-0.05, 0) is 42.8 Å². The molecule has 0 unspecified atom stereocenters. The Morgan fingerprint density at radius 2 is 1.84 bits per heavy atom. The van der Waals surface area contributed by atoms with E-state index < -0.39 is 5.97 Å². The fraction of sp³-hybridized carbons (Fsp3) is 0.200. The molecule has 0 N–H and O–H groups in total. The summed E-state index contributed by atoms with van der Waals surface area (Å²) in [6.45, 7) is 1.68. The molecular formula is C20H18O5. The van der Waals surface area contributed by atoms with Gasteiger partial charge in [-0.2, -0.15) is 0 Å². The van der Waals surface area contributed by atoms with Gasteiger partial charge in [0.25, 0.3) is 0 Å². The Labute approximate surface area is 145 Å². The van der Waals surface area contributed by atoms with Gasteiger partial charge in [0.05, 0.1) is 19.8 Å². The third-order valence-corrected chi connectivity index (χ3v) is 3.92. The first-order valence-corrected chi connectivity index (χ1v) is 7.86. The molecule has 5 nitrogen and oxygen atoms in total. The summed E-state index contributed by atoms with van der Waals surface area (Å²) in [6.07, 6.45) is 1.61. The second kappa shape index (κ2) is 7.21. The SMILES string of the molecule is COc1ccc(C(=O)COC(=O)Cc2coc3cc(C)ccc23)cc1. The lowest BCUT2D eigenvalue weighted by Gasteiger charge is -2.05. The number of ketones is 1. The molecule has 128 valence electrons. The van der Waals surface area contributed by atoms with Gasteiger partial charge in [0.2, 0.25) is 0 Å². The fourth-order valence-electron chi connectivity index (χ4n) is 2.54. The highest BCUT2D eigenvalue weighted by Crippen LogP contribution is 2.23. The first kappa shape index (κ1) is 16.8. The Bertz CT molecular complexity index is 905. The molecule has 0 fully saturated rings. The third-order valence-electron chi connectivity index (χ3n) is 3.92. The fourth-order valence-corrected chi connectivity index (χ4v) is 2.54. The summed E-state index contributed by atoms with van der Waals surface area (Å²) in [6, 6.07) is 12.4. The van der Waals surface area contributed by atoms with E-state index in [2.05, 4.69) is 0 Å². The van der Waals surface area contributed by atoms with E-state index in [1.165, 1.54) is 0 Å². The van der Waals surface area contributed by atoms with Crippen molar-refractivity contribution in [2.24, 2.45) is 0 Å². The summed E-state index contributed by atoms with van der Waals surface area (Å²) >= 11 is 0. The van der Waals surface area contributed by atoms with Crippen LogP contribution in [0.5, 0.6) is 5.75 Å². The highest BCUT2D eigenvalue weighted by molar-refractivity contribution is 5.98. The Balaban J connectivity index is 1.59. The van der Waals surface area contributed by atoms with Gasteiger partial charge in [0.15, 0.2) is 12.4 Å². The van der Waals surface area contributed by atoms with Gasteiger partial charge in [0, 0.05) is 16.5 Å². The number of benzene rings is 2. The molecule has 0 saturated carbocycles. The average molecular weight is 338 g/mol. The quantitative estimate of drug-likeness (QED) is 0.506. The molecule has 1 heterocycles. The Morgan fingerprint density at radius 1 is 1.08 bits per heavy atom. The third kappa shape index (κ3) is 3.88. The lowest BCUT2D eigenvalue weighted by Crippen LogP contribution is -2.15. The standard InChI is InChI=1S/C20H18O5/c1-13-3-8-17-15(11-24-19(17)9-13)10-20(22)25-12-18(21)14-4-6-16(23-2)7-5-14/h3-9,11H,10,12H2,1-2H3. The smallest absolute Gasteiger partial charge is 0.310 e. The first-order valence-electron chi connectivity index (χ1n) is 7.86. The van der Waals surface area contributed by atoms with Crippen LogP contribution in [0.3, 0.4) is 0 Å². The summed E-state index contributed by atoms with van der Waals surface area (Å²) < 4.78 is 15.6. The van der Waals surface area contributed by atoms with E-state index in [9.17, 15) is 9.59 Å². The minimum Gasteiger partial charge on any atom is -0.497 e. The van der Waals surface area contributed by atoms with Gasteiger partial charge in [-0.3, -0.25) is 9.59 Å². The summed E-state index contributed by atoms with van der Waals surface area (Å²) in [5.41, 5.74) is 3.04. The zero-order valence-corrected chi connectivity index (χ0v) is 14.1. The molecule has 5 heteroatoms. The number of furan rings is 1. The van der Waals surface area contributed by atoms with Crippen LogP contribution in [0.15, 0.2) is 53.1 Å². The van der Waals surface area contributed by atoms with E-state index in [0.717, 1.165) is 22.1 Å². The minimum atomic E-state index is -0.467. The summed E-state index contributed by atoms with van der Waals surface area (Å²) in [5, 5.41) is 0.879. The monoisotopic (exact) mass is 338 g/mol. The molecule has 2 aromatic carbocycles. The van der Waals surface area contributed by atoms with E-state index in [1.807, 2.05) is 25.1 Å². The number of carbonyl (C=O) groups excluding carboxylic acids is 2. The van der Waals surface area contributed by atoms with E-state index >= 15 is 0 Å². The van der Waals surface area contributed by atoms with Crippen LogP contribution in [-0.2, 0) is 16.0 Å². The number of fused-ring (bicyclic) bond motifs is 1. The van der Waals surface area contributed by atoms with Gasteiger partial charge in [-0.1, -0.05) is 12.1 Å². The highest BCUT2D eigenvalue weighted by Gasteiger charge is 2.14. The number of carbonyl (C=O) groups is 2. The maximum atomic E-state index is 12.1. The summed E-state index contributed by atoms with van der Waals surface area (Å²) in [4.78, 5) is 24.1. The van der Waals surface area contributed by atoms with E-state index in [1.54, 1.807) is 37.6 Å². The highest BCUT2D eigenvalue weighted by atomic mass is 16.5. The molecule has 3 aromatic rings. The average Bonchev–Trinajstić information content (AvgIpc) is 3.01. The molecule has 0 radical (unpaired) electrons. The van der Waals surface area contributed by atoms with Crippen molar-refractivity contribution in [2.45, 2.75) is 13.3 Å². The Morgan fingerprint density at radius 3 is 2.56 bits per heavy atom. The first-order chi connectivity index (χ1) is 12.1. The van der Waals surface area contributed by atoms with Crippen LogP contribution in [0.25, 0.3) is 11.0 Å². The molecule has 0 aliphatic heterocycles. The van der Waals surface area contributed by atoms with Crippen molar-refractivity contribution in [3.05, 3.63) is 65.4 Å².